The largest absolute Gasteiger partial charge is 0.508 e. The van der Waals surface area contributed by atoms with Gasteiger partial charge in [0, 0.05) is 12.5 Å². The van der Waals surface area contributed by atoms with Gasteiger partial charge in [0.1, 0.15) is 17.5 Å². The third kappa shape index (κ3) is 1.09. The Balaban J connectivity index is 2.99. The van der Waals surface area contributed by atoms with Crippen LogP contribution in [0.5, 0.6) is 0 Å². The average Bonchev–Trinajstić information content (AvgIpc) is 1.88. The maximum atomic E-state index is 10.0. The summed E-state index contributed by atoms with van der Waals surface area (Å²) < 4.78 is 0. The van der Waals surface area contributed by atoms with Gasteiger partial charge in [-0.3, -0.25) is 0 Å². The van der Waals surface area contributed by atoms with Crippen LogP contribution in [0.3, 0.4) is 0 Å². The van der Waals surface area contributed by atoms with Crippen molar-refractivity contribution in [2.75, 3.05) is 0 Å². The molecule has 0 unspecified atom stereocenters. The van der Waals surface area contributed by atoms with Gasteiger partial charge < -0.3 is 10.2 Å². The molecule has 1 aliphatic carbocycles. The van der Waals surface area contributed by atoms with E-state index >= 15 is 0 Å². The van der Waals surface area contributed by atoms with Crippen molar-refractivity contribution in [3.8, 4) is 0 Å². The van der Waals surface area contributed by atoms with Gasteiger partial charge in [-0.25, -0.2) is 4.79 Å². The van der Waals surface area contributed by atoms with E-state index in [0.717, 1.165) is 6.08 Å². The van der Waals surface area contributed by atoms with Crippen molar-refractivity contribution in [1.29, 1.82) is 0 Å². The Labute approximate surface area is 57.6 Å². The second kappa shape index (κ2) is 2.42. The van der Waals surface area contributed by atoms with Gasteiger partial charge >= 0.3 is 0 Å². The first-order valence-corrected chi connectivity index (χ1v) is 2.78. The summed E-state index contributed by atoms with van der Waals surface area (Å²) in [6.45, 7) is 0. The van der Waals surface area contributed by atoms with Gasteiger partial charge in [-0.05, 0) is 6.08 Å². The zero-order valence-corrected chi connectivity index (χ0v) is 5.16. The molecule has 0 amide bonds. The van der Waals surface area contributed by atoms with Gasteiger partial charge in [0.2, 0.25) is 0 Å². The van der Waals surface area contributed by atoms with Gasteiger partial charge in [-0.1, -0.05) is 0 Å². The van der Waals surface area contributed by atoms with E-state index in [9.17, 15) is 4.79 Å². The van der Waals surface area contributed by atoms with Crippen LogP contribution in [0.15, 0.2) is 29.2 Å². The number of rotatable bonds is 0. The molecule has 0 radical (unpaired) electrons. The predicted octanol–water partition coefficient (Wildman–Crippen LogP) is 1.03. The van der Waals surface area contributed by atoms with E-state index in [4.69, 9.17) is 10.2 Å². The van der Waals surface area contributed by atoms with Crippen molar-refractivity contribution >= 4 is 5.94 Å². The molecule has 0 fully saturated rings. The summed E-state index contributed by atoms with van der Waals surface area (Å²) in [5.41, 5.74) is 0.179. The highest BCUT2D eigenvalue weighted by Crippen LogP contribution is 2.16. The Kier molecular flexibility index (Phi) is 1.61. The molecule has 0 bridgehead atoms. The van der Waals surface area contributed by atoms with Crippen molar-refractivity contribution < 1.29 is 15.0 Å². The fourth-order valence-electron chi connectivity index (χ4n) is 0.691. The molecular formula is C7H6O3. The molecule has 0 saturated carbocycles. The zero-order chi connectivity index (χ0) is 7.56. The second-order valence-electron chi connectivity index (χ2n) is 1.94. The number of aliphatic hydroxyl groups excluding tert-OH is 2. The minimum Gasteiger partial charge on any atom is -0.508 e. The Bertz CT molecular complexity index is 254. The number of allylic oxidation sites excluding steroid dienone is 3. The number of aliphatic hydroxyl groups is 2. The van der Waals surface area contributed by atoms with E-state index in [-0.39, 0.29) is 23.5 Å². The molecule has 10 heavy (non-hydrogen) atoms. The highest BCUT2D eigenvalue weighted by atomic mass is 16.3. The van der Waals surface area contributed by atoms with Crippen molar-refractivity contribution in [2.24, 2.45) is 0 Å². The molecule has 0 atom stereocenters. The molecule has 2 N–H and O–H groups in total. The fraction of sp³-hybridized carbons (Fsp3) is 0.143. The Morgan fingerprint density at radius 2 is 2.20 bits per heavy atom. The highest BCUT2D eigenvalue weighted by Gasteiger charge is 2.08. The van der Waals surface area contributed by atoms with Gasteiger partial charge in [-0.15, -0.1) is 0 Å². The number of hydrogen-bond donors (Lipinski definition) is 2. The van der Waals surface area contributed by atoms with Crippen LogP contribution in [0.1, 0.15) is 6.42 Å². The number of hydrogen-bond acceptors (Lipinski definition) is 3. The summed E-state index contributed by atoms with van der Waals surface area (Å²) in [4.78, 5) is 10.0. The zero-order valence-electron chi connectivity index (χ0n) is 5.16. The predicted molar refractivity (Wildman–Crippen MR) is 35.2 cm³/mol. The average molecular weight is 138 g/mol. The van der Waals surface area contributed by atoms with E-state index in [1.165, 1.54) is 6.08 Å². The van der Waals surface area contributed by atoms with Gasteiger partial charge in [-0.2, -0.15) is 0 Å². The molecule has 0 spiro atoms. The molecule has 0 aromatic rings. The Morgan fingerprint density at radius 1 is 1.50 bits per heavy atom. The monoisotopic (exact) mass is 138 g/mol. The standard InChI is InChI=1S/C7H6O3/c8-4-5-1-2-6(9)3-7(5)10/h2-3,9-10H,1H2. The minimum atomic E-state index is -0.199. The van der Waals surface area contributed by atoms with E-state index in [2.05, 4.69) is 0 Å². The van der Waals surface area contributed by atoms with Crippen LogP contribution < -0.4 is 0 Å². The summed E-state index contributed by atoms with van der Waals surface area (Å²) in [6.07, 6.45) is 2.79. The molecule has 0 aromatic heterocycles. The fourth-order valence-corrected chi connectivity index (χ4v) is 0.691. The first kappa shape index (κ1) is 6.65. The molecule has 0 heterocycles. The summed E-state index contributed by atoms with van der Waals surface area (Å²) in [5.74, 6) is 1.35. The lowest BCUT2D eigenvalue weighted by Gasteiger charge is -2.04. The van der Waals surface area contributed by atoms with E-state index in [1.54, 1.807) is 5.94 Å². The van der Waals surface area contributed by atoms with Gasteiger partial charge in [0.05, 0.1) is 5.57 Å². The first-order valence-electron chi connectivity index (χ1n) is 2.78. The van der Waals surface area contributed by atoms with E-state index in [1.807, 2.05) is 0 Å². The molecule has 1 rings (SSSR count). The van der Waals surface area contributed by atoms with Crippen LogP contribution in [0.2, 0.25) is 0 Å². The van der Waals surface area contributed by atoms with Gasteiger partial charge in [0.15, 0.2) is 0 Å². The van der Waals surface area contributed by atoms with Crippen LogP contribution in [0.4, 0.5) is 0 Å². The second-order valence-corrected chi connectivity index (χ2v) is 1.94. The summed E-state index contributed by atoms with van der Waals surface area (Å²) in [5, 5.41) is 17.7. The lowest BCUT2D eigenvalue weighted by atomic mass is 10.1. The summed E-state index contributed by atoms with van der Waals surface area (Å²) >= 11 is 0. The quantitative estimate of drug-likeness (QED) is 0.491. The Hall–Kier alpha value is -1.47. The molecule has 0 aromatic carbocycles. The SMILES string of the molecule is O=C=C1CC=C(O)C=C1O. The van der Waals surface area contributed by atoms with Crippen molar-refractivity contribution in [1.82, 2.24) is 0 Å². The van der Waals surface area contributed by atoms with Crippen LogP contribution in [0, 0.1) is 0 Å². The smallest absolute Gasteiger partial charge is 0.133 e. The van der Waals surface area contributed by atoms with Crippen LogP contribution in [0.25, 0.3) is 0 Å². The lowest BCUT2D eigenvalue weighted by molar-refractivity contribution is 0.390. The highest BCUT2D eigenvalue weighted by molar-refractivity contribution is 5.61. The third-order valence-electron chi connectivity index (χ3n) is 1.23. The maximum absolute atomic E-state index is 10.0. The minimum absolute atomic E-state index is 0.0171. The van der Waals surface area contributed by atoms with Crippen LogP contribution >= 0.6 is 0 Å². The topological polar surface area (TPSA) is 57.5 Å². The molecule has 3 nitrogen and oxygen atoms in total. The number of carbonyl (C=O) groups excluding carboxylic acids is 1. The van der Waals surface area contributed by atoms with E-state index < -0.39 is 0 Å². The summed E-state index contributed by atoms with van der Waals surface area (Å²) in [7, 11) is 0. The molecule has 1 aliphatic rings. The van der Waals surface area contributed by atoms with Crippen LogP contribution in [-0.2, 0) is 4.79 Å². The molecule has 52 valence electrons. The lowest BCUT2D eigenvalue weighted by Crippen LogP contribution is -1.95. The maximum Gasteiger partial charge on any atom is 0.133 e. The van der Waals surface area contributed by atoms with Crippen LogP contribution in [-0.4, -0.2) is 16.2 Å². The molecule has 0 aliphatic heterocycles. The van der Waals surface area contributed by atoms with Crippen molar-refractivity contribution in [2.45, 2.75) is 6.42 Å². The molecule has 3 heteroatoms. The van der Waals surface area contributed by atoms with Gasteiger partial charge in [0.25, 0.3) is 0 Å². The third-order valence-corrected chi connectivity index (χ3v) is 1.23. The van der Waals surface area contributed by atoms with Crippen molar-refractivity contribution in [3.05, 3.63) is 29.2 Å². The van der Waals surface area contributed by atoms with Crippen molar-refractivity contribution in [3.63, 3.8) is 0 Å². The Morgan fingerprint density at radius 3 is 2.70 bits per heavy atom. The molecular weight excluding hydrogens is 132 g/mol. The summed E-state index contributed by atoms with van der Waals surface area (Å²) in [6, 6.07) is 0. The normalized spacial score (nSPS) is 17.4. The first-order chi connectivity index (χ1) is 4.74. The molecule has 0 saturated heterocycles. The van der Waals surface area contributed by atoms with E-state index in [0.29, 0.717) is 0 Å².